The summed E-state index contributed by atoms with van der Waals surface area (Å²) in [7, 11) is 1.64. The fraction of sp³-hybridized carbons (Fsp3) is 0.444. The number of ether oxygens (including phenoxy) is 1. The van der Waals surface area contributed by atoms with Crippen LogP contribution in [0.25, 0.3) is 5.69 Å². The van der Waals surface area contributed by atoms with Gasteiger partial charge >= 0.3 is 0 Å². The molecule has 128 valence electrons. The fourth-order valence-corrected chi connectivity index (χ4v) is 3.10. The molecule has 2 aromatic rings. The molecule has 0 saturated carbocycles. The minimum absolute atomic E-state index is 0.0804. The van der Waals surface area contributed by atoms with E-state index in [0.717, 1.165) is 37.4 Å². The maximum atomic E-state index is 12.2. The highest BCUT2D eigenvalue weighted by Crippen LogP contribution is 2.26. The van der Waals surface area contributed by atoms with Crippen LogP contribution in [0.3, 0.4) is 0 Å². The molecule has 24 heavy (non-hydrogen) atoms. The summed E-state index contributed by atoms with van der Waals surface area (Å²) in [5.74, 6) is 1.20. The number of nitrogens with zero attached hydrogens (tertiary/aromatic N) is 3. The van der Waals surface area contributed by atoms with Gasteiger partial charge in [-0.3, -0.25) is 4.79 Å². The van der Waals surface area contributed by atoms with Gasteiger partial charge in [-0.15, -0.1) is 0 Å². The molecule has 2 aromatic heterocycles. The van der Waals surface area contributed by atoms with Crippen LogP contribution in [0.5, 0.6) is 0 Å². The number of rotatable bonds is 6. The van der Waals surface area contributed by atoms with Crippen LogP contribution in [0.2, 0.25) is 0 Å². The number of anilines is 1. The molecule has 0 aliphatic carbocycles. The lowest BCUT2D eigenvalue weighted by Crippen LogP contribution is -2.41. The Morgan fingerprint density at radius 1 is 1.29 bits per heavy atom. The van der Waals surface area contributed by atoms with Crippen molar-refractivity contribution in [2.45, 2.75) is 12.8 Å². The second-order valence-electron chi connectivity index (χ2n) is 5.98. The van der Waals surface area contributed by atoms with Crippen molar-refractivity contribution in [3.63, 3.8) is 0 Å². The Morgan fingerprint density at radius 3 is 2.75 bits per heavy atom. The van der Waals surface area contributed by atoms with Crippen LogP contribution in [0, 0.1) is 5.92 Å². The lowest BCUT2D eigenvalue weighted by molar-refractivity contribution is -0.125. The number of nitrogens with one attached hydrogen (secondary N) is 1. The largest absolute Gasteiger partial charge is 0.383 e. The Hall–Kier alpha value is -2.34. The molecule has 6 nitrogen and oxygen atoms in total. The zero-order valence-electron chi connectivity index (χ0n) is 14.0. The van der Waals surface area contributed by atoms with Gasteiger partial charge in [0.25, 0.3) is 0 Å². The molecule has 3 heterocycles. The van der Waals surface area contributed by atoms with Gasteiger partial charge in [-0.05, 0) is 37.1 Å². The molecule has 0 bridgehead atoms. The molecule has 0 unspecified atom stereocenters. The van der Waals surface area contributed by atoms with Crippen LogP contribution in [-0.2, 0) is 9.53 Å². The summed E-state index contributed by atoms with van der Waals surface area (Å²) in [6.45, 7) is 2.81. The van der Waals surface area contributed by atoms with E-state index < -0.39 is 0 Å². The summed E-state index contributed by atoms with van der Waals surface area (Å²) < 4.78 is 7.04. The number of carbonyl (C=O) groups is 1. The maximum absolute atomic E-state index is 12.2. The zero-order valence-corrected chi connectivity index (χ0v) is 14.0. The molecule has 1 amide bonds. The number of hydrogen-bond donors (Lipinski definition) is 1. The van der Waals surface area contributed by atoms with Crippen LogP contribution < -0.4 is 10.2 Å². The maximum Gasteiger partial charge on any atom is 0.223 e. The number of piperidine rings is 1. The van der Waals surface area contributed by atoms with Crippen LogP contribution in [0.1, 0.15) is 12.8 Å². The van der Waals surface area contributed by atoms with Gasteiger partial charge in [-0.2, -0.15) is 0 Å². The van der Waals surface area contributed by atoms with E-state index in [1.807, 2.05) is 36.8 Å². The van der Waals surface area contributed by atoms with Crippen molar-refractivity contribution in [2.75, 3.05) is 38.3 Å². The zero-order chi connectivity index (χ0) is 16.8. The van der Waals surface area contributed by atoms with Gasteiger partial charge in [0.15, 0.2) is 5.82 Å². The first kappa shape index (κ1) is 16.5. The van der Waals surface area contributed by atoms with Crippen LogP contribution in [-0.4, -0.2) is 48.8 Å². The molecule has 6 heteroatoms. The predicted molar refractivity (Wildman–Crippen MR) is 93.4 cm³/mol. The second-order valence-corrected chi connectivity index (χ2v) is 5.98. The van der Waals surface area contributed by atoms with E-state index in [1.54, 1.807) is 7.11 Å². The Morgan fingerprint density at radius 2 is 2.04 bits per heavy atom. The number of amides is 1. The average molecular weight is 328 g/mol. The average Bonchev–Trinajstić information content (AvgIpc) is 3.16. The molecule has 3 rings (SSSR count). The minimum atomic E-state index is 0.0804. The highest BCUT2D eigenvalue weighted by atomic mass is 16.5. The highest BCUT2D eigenvalue weighted by Gasteiger charge is 2.26. The van der Waals surface area contributed by atoms with Crippen LogP contribution >= 0.6 is 0 Å². The number of hydrogen-bond acceptors (Lipinski definition) is 4. The summed E-state index contributed by atoms with van der Waals surface area (Å²) >= 11 is 0. The van der Waals surface area contributed by atoms with E-state index in [0.29, 0.717) is 13.2 Å². The van der Waals surface area contributed by atoms with E-state index in [2.05, 4.69) is 25.8 Å². The van der Waals surface area contributed by atoms with Gasteiger partial charge in [0, 0.05) is 51.3 Å². The lowest BCUT2D eigenvalue weighted by atomic mass is 9.96. The first-order valence-electron chi connectivity index (χ1n) is 8.39. The van der Waals surface area contributed by atoms with Gasteiger partial charge in [-0.1, -0.05) is 0 Å². The molecule has 1 saturated heterocycles. The number of methoxy groups -OCH3 is 1. The summed E-state index contributed by atoms with van der Waals surface area (Å²) in [5.41, 5.74) is 1.07. The topological polar surface area (TPSA) is 59.4 Å². The lowest BCUT2D eigenvalue weighted by Gasteiger charge is -2.33. The van der Waals surface area contributed by atoms with Crippen molar-refractivity contribution in [2.24, 2.45) is 5.92 Å². The molecular weight excluding hydrogens is 304 g/mol. The first-order valence-corrected chi connectivity index (χ1v) is 8.39. The van der Waals surface area contributed by atoms with Crippen molar-refractivity contribution in [3.05, 3.63) is 42.9 Å². The molecule has 1 aliphatic rings. The first-order chi connectivity index (χ1) is 11.8. The number of carbonyl (C=O) groups excluding carboxylic acids is 1. The highest BCUT2D eigenvalue weighted by molar-refractivity contribution is 5.79. The van der Waals surface area contributed by atoms with Crippen molar-refractivity contribution in [3.8, 4) is 5.69 Å². The molecule has 0 radical (unpaired) electrons. The van der Waals surface area contributed by atoms with E-state index >= 15 is 0 Å². The second kappa shape index (κ2) is 7.97. The Bertz CT molecular complexity index is 649. The quantitative estimate of drug-likeness (QED) is 0.822. The Kier molecular flexibility index (Phi) is 5.48. The molecule has 0 spiro atoms. The molecule has 0 atom stereocenters. The third-order valence-electron chi connectivity index (χ3n) is 4.42. The molecular formula is C18H24N4O2. The van der Waals surface area contributed by atoms with Gasteiger partial charge in [-0.25, -0.2) is 4.98 Å². The summed E-state index contributed by atoms with van der Waals surface area (Å²) in [6.07, 6.45) is 7.57. The standard InChI is InChI=1S/C18H24N4O2/c1-24-14-9-20-18(23)15-6-12-22(13-7-15)17-16(5-4-8-19-17)21-10-2-3-11-21/h2-5,8,10-11,15H,6-7,9,12-14H2,1H3,(H,20,23). The van der Waals surface area contributed by atoms with E-state index in [4.69, 9.17) is 4.74 Å². The van der Waals surface area contributed by atoms with Gasteiger partial charge < -0.3 is 19.5 Å². The Labute approximate surface area is 142 Å². The molecule has 1 aliphatic heterocycles. The monoisotopic (exact) mass is 328 g/mol. The predicted octanol–water partition coefficient (Wildman–Crippen LogP) is 1.85. The SMILES string of the molecule is COCCNC(=O)C1CCN(c2ncccc2-n2cccc2)CC1. The van der Waals surface area contributed by atoms with E-state index in [9.17, 15) is 4.79 Å². The molecule has 1 N–H and O–H groups in total. The van der Waals surface area contributed by atoms with Crippen LogP contribution in [0.15, 0.2) is 42.9 Å². The molecule has 0 aromatic carbocycles. The smallest absolute Gasteiger partial charge is 0.223 e. The van der Waals surface area contributed by atoms with Crippen molar-refractivity contribution in [1.82, 2.24) is 14.9 Å². The third-order valence-corrected chi connectivity index (χ3v) is 4.42. The Balaban J connectivity index is 1.62. The summed E-state index contributed by atoms with van der Waals surface area (Å²) in [4.78, 5) is 19.0. The van der Waals surface area contributed by atoms with Gasteiger partial charge in [0.05, 0.1) is 12.3 Å². The number of aromatic nitrogens is 2. The van der Waals surface area contributed by atoms with Crippen molar-refractivity contribution in [1.29, 1.82) is 0 Å². The normalized spacial score (nSPS) is 15.5. The summed E-state index contributed by atoms with van der Waals surface area (Å²) in [6, 6.07) is 8.04. The fourth-order valence-electron chi connectivity index (χ4n) is 3.10. The number of pyridine rings is 1. The van der Waals surface area contributed by atoms with E-state index in [-0.39, 0.29) is 11.8 Å². The van der Waals surface area contributed by atoms with E-state index in [1.165, 1.54) is 0 Å². The van der Waals surface area contributed by atoms with Gasteiger partial charge in [0.2, 0.25) is 5.91 Å². The minimum Gasteiger partial charge on any atom is -0.383 e. The summed E-state index contributed by atoms with van der Waals surface area (Å²) in [5, 5.41) is 2.94. The molecule has 1 fully saturated rings. The van der Waals surface area contributed by atoms with Crippen molar-refractivity contribution >= 4 is 11.7 Å². The van der Waals surface area contributed by atoms with Gasteiger partial charge in [0.1, 0.15) is 0 Å². The third kappa shape index (κ3) is 3.76. The van der Waals surface area contributed by atoms with Crippen LogP contribution in [0.4, 0.5) is 5.82 Å². The van der Waals surface area contributed by atoms with Crippen molar-refractivity contribution < 1.29 is 9.53 Å².